The van der Waals surface area contributed by atoms with Gasteiger partial charge >= 0.3 is 6.09 Å². The summed E-state index contributed by atoms with van der Waals surface area (Å²) >= 11 is 0. The molecule has 8 nitrogen and oxygen atoms in total. The maximum Gasteiger partial charge on any atom is 0.412 e. The Balaban J connectivity index is 1.83. The van der Waals surface area contributed by atoms with Crippen molar-refractivity contribution in [2.24, 2.45) is 0 Å². The van der Waals surface area contributed by atoms with E-state index in [4.69, 9.17) is 4.74 Å². The molecule has 0 aliphatic carbocycles. The SMILES string of the molecule is Cc1c(C(=O)Nc2cc(F)ccc2NC(=O)OC(C)(C)C)nnn1-c1ccc(F)cc1. The zero-order valence-corrected chi connectivity index (χ0v) is 17.4. The zero-order chi connectivity index (χ0) is 22.8. The van der Waals surface area contributed by atoms with Crippen molar-refractivity contribution in [2.75, 3.05) is 10.6 Å². The first kappa shape index (κ1) is 21.9. The third kappa shape index (κ3) is 5.41. The predicted octanol–water partition coefficient (Wildman–Crippen LogP) is 4.45. The smallest absolute Gasteiger partial charge is 0.412 e. The van der Waals surface area contributed by atoms with Gasteiger partial charge in [0, 0.05) is 0 Å². The molecule has 0 saturated carbocycles. The molecule has 2 N–H and O–H groups in total. The van der Waals surface area contributed by atoms with E-state index < -0.39 is 29.2 Å². The number of amides is 2. The van der Waals surface area contributed by atoms with Gasteiger partial charge in [-0.2, -0.15) is 0 Å². The highest BCUT2D eigenvalue weighted by Crippen LogP contribution is 2.25. The van der Waals surface area contributed by atoms with Crippen LogP contribution in [0.25, 0.3) is 5.69 Å². The van der Waals surface area contributed by atoms with Crippen molar-refractivity contribution in [1.29, 1.82) is 0 Å². The summed E-state index contributed by atoms with van der Waals surface area (Å²) in [5, 5.41) is 12.8. The number of hydrogen-bond acceptors (Lipinski definition) is 5. The van der Waals surface area contributed by atoms with Gasteiger partial charge in [-0.15, -0.1) is 5.10 Å². The van der Waals surface area contributed by atoms with Gasteiger partial charge in [0.05, 0.1) is 22.8 Å². The zero-order valence-electron chi connectivity index (χ0n) is 17.4. The second-order valence-corrected chi connectivity index (χ2v) is 7.68. The van der Waals surface area contributed by atoms with Crippen molar-refractivity contribution in [3.63, 3.8) is 0 Å². The highest BCUT2D eigenvalue weighted by atomic mass is 19.1. The molecule has 3 aromatic rings. The molecule has 0 atom stereocenters. The fourth-order valence-corrected chi connectivity index (χ4v) is 2.69. The molecular formula is C21H21F2N5O3. The van der Waals surface area contributed by atoms with E-state index in [1.807, 2.05) is 0 Å². The van der Waals surface area contributed by atoms with Crippen molar-refractivity contribution in [2.45, 2.75) is 33.3 Å². The molecule has 0 saturated heterocycles. The fraction of sp³-hybridized carbons (Fsp3) is 0.238. The maximum absolute atomic E-state index is 13.8. The van der Waals surface area contributed by atoms with Crippen LogP contribution in [0.4, 0.5) is 25.0 Å². The van der Waals surface area contributed by atoms with E-state index in [2.05, 4.69) is 20.9 Å². The number of halogens is 2. The lowest BCUT2D eigenvalue weighted by molar-refractivity contribution is 0.0635. The summed E-state index contributed by atoms with van der Waals surface area (Å²) in [6.07, 6.45) is -0.756. The van der Waals surface area contributed by atoms with E-state index in [-0.39, 0.29) is 17.1 Å². The molecule has 3 rings (SSSR count). The second-order valence-electron chi connectivity index (χ2n) is 7.68. The summed E-state index contributed by atoms with van der Waals surface area (Å²) in [6.45, 7) is 6.72. The van der Waals surface area contributed by atoms with Crippen LogP contribution >= 0.6 is 0 Å². The van der Waals surface area contributed by atoms with Crippen LogP contribution in [0.15, 0.2) is 42.5 Å². The number of anilines is 2. The minimum Gasteiger partial charge on any atom is -0.444 e. The summed E-state index contributed by atoms with van der Waals surface area (Å²) in [6, 6.07) is 9.01. The number of rotatable bonds is 4. The Labute approximate surface area is 177 Å². The highest BCUT2D eigenvalue weighted by Gasteiger charge is 2.21. The Kier molecular flexibility index (Phi) is 6.00. The van der Waals surface area contributed by atoms with Crippen molar-refractivity contribution >= 4 is 23.4 Å². The average Bonchev–Trinajstić information content (AvgIpc) is 3.04. The van der Waals surface area contributed by atoms with Crippen molar-refractivity contribution in [1.82, 2.24) is 15.0 Å². The van der Waals surface area contributed by atoms with Gasteiger partial charge in [0.15, 0.2) is 5.69 Å². The van der Waals surface area contributed by atoms with E-state index in [9.17, 15) is 18.4 Å². The van der Waals surface area contributed by atoms with E-state index in [1.165, 1.54) is 35.0 Å². The predicted molar refractivity (Wildman–Crippen MR) is 110 cm³/mol. The third-order valence-electron chi connectivity index (χ3n) is 4.05. The number of nitrogens with one attached hydrogen (secondary N) is 2. The number of ether oxygens (including phenoxy) is 1. The monoisotopic (exact) mass is 429 g/mol. The maximum atomic E-state index is 13.8. The molecular weight excluding hydrogens is 408 g/mol. The molecule has 0 bridgehead atoms. The van der Waals surface area contributed by atoms with E-state index in [0.717, 1.165) is 12.1 Å². The molecule has 2 amide bonds. The molecule has 162 valence electrons. The molecule has 0 aliphatic rings. The van der Waals surface area contributed by atoms with Gasteiger partial charge in [-0.05, 0) is 70.2 Å². The van der Waals surface area contributed by atoms with Gasteiger partial charge in [0.1, 0.15) is 17.2 Å². The Morgan fingerprint density at radius 2 is 1.61 bits per heavy atom. The van der Waals surface area contributed by atoms with Gasteiger partial charge in [-0.1, -0.05) is 5.21 Å². The molecule has 0 radical (unpaired) electrons. The molecule has 0 spiro atoms. The van der Waals surface area contributed by atoms with Crippen LogP contribution in [0, 0.1) is 18.6 Å². The lowest BCUT2D eigenvalue weighted by Crippen LogP contribution is -2.27. The van der Waals surface area contributed by atoms with Crippen LogP contribution < -0.4 is 10.6 Å². The molecule has 31 heavy (non-hydrogen) atoms. The number of carbonyl (C=O) groups is 2. The molecule has 10 heteroatoms. The van der Waals surface area contributed by atoms with E-state index in [1.54, 1.807) is 27.7 Å². The molecule has 0 fully saturated rings. The van der Waals surface area contributed by atoms with Crippen LogP contribution in [0.3, 0.4) is 0 Å². The van der Waals surface area contributed by atoms with Crippen LogP contribution in [0.2, 0.25) is 0 Å². The molecule has 1 aromatic heterocycles. The number of nitrogens with zero attached hydrogens (tertiary/aromatic N) is 3. The molecule has 0 aliphatic heterocycles. The first-order valence-electron chi connectivity index (χ1n) is 9.32. The Bertz CT molecular complexity index is 1120. The standard InChI is InChI=1S/C21H21F2N5O3/c1-12-18(26-27-28(12)15-8-5-13(22)6-9-15)19(29)24-17-11-14(23)7-10-16(17)25-20(30)31-21(2,3)4/h5-11H,1-4H3,(H,24,29)(H,25,30). The highest BCUT2D eigenvalue weighted by molar-refractivity contribution is 6.06. The van der Waals surface area contributed by atoms with Crippen molar-refractivity contribution in [3.8, 4) is 5.69 Å². The van der Waals surface area contributed by atoms with Crippen LogP contribution in [-0.4, -0.2) is 32.6 Å². The summed E-state index contributed by atoms with van der Waals surface area (Å²) in [5.74, 6) is -1.68. The molecule has 2 aromatic carbocycles. The number of benzene rings is 2. The lowest BCUT2D eigenvalue weighted by Gasteiger charge is -2.20. The summed E-state index contributed by atoms with van der Waals surface area (Å²) < 4.78 is 33.5. The first-order valence-corrected chi connectivity index (χ1v) is 9.32. The lowest BCUT2D eigenvalue weighted by atomic mass is 10.2. The van der Waals surface area contributed by atoms with Crippen molar-refractivity contribution < 1.29 is 23.1 Å². The van der Waals surface area contributed by atoms with Crippen LogP contribution in [-0.2, 0) is 4.74 Å². The summed E-state index contributed by atoms with van der Waals surface area (Å²) in [5.41, 5.74) is 0.324. The third-order valence-corrected chi connectivity index (χ3v) is 4.05. The van der Waals surface area contributed by atoms with E-state index >= 15 is 0 Å². The number of hydrogen-bond donors (Lipinski definition) is 2. The van der Waals surface area contributed by atoms with Gasteiger partial charge in [0.2, 0.25) is 0 Å². The Hall–Kier alpha value is -3.82. The minimum absolute atomic E-state index is 0.0168. The Morgan fingerprint density at radius 1 is 0.968 bits per heavy atom. The first-order chi connectivity index (χ1) is 14.5. The topological polar surface area (TPSA) is 98.1 Å². The second kappa shape index (κ2) is 8.50. The van der Waals surface area contributed by atoms with Crippen LogP contribution in [0.1, 0.15) is 37.0 Å². The quantitative estimate of drug-likeness (QED) is 0.638. The largest absolute Gasteiger partial charge is 0.444 e. The molecule has 1 heterocycles. The fourth-order valence-electron chi connectivity index (χ4n) is 2.69. The number of aromatic nitrogens is 3. The number of carbonyl (C=O) groups excluding carboxylic acids is 2. The van der Waals surface area contributed by atoms with Gasteiger partial charge in [0.25, 0.3) is 5.91 Å². The van der Waals surface area contributed by atoms with Crippen molar-refractivity contribution in [3.05, 3.63) is 65.5 Å². The van der Waals surface area contributed by atoms with Crippen LogP contribution in [0.5, 0.6) is 0 Å². The van der Waals surface area contributed by atoms with Gasteiger partial charge in [-0.3, -0.25) is 10.1 Å². The summed E-state index contributed by atoms with van der Waals surface area (Å²) in [4.78, 5) is 24.8. The minimum atomic E-state index is -0.756. The normalized spacial score (nSPS) is 11.2. The van der Waals surface area contributed by atoms with E-state index in [0.29, 0.717) is 11.4 Å². The van der Waals surface area contributed by atoms with Gasteiger partial charge in [-0.25, -0.2) is 18.3 Å². The molecule has 0 unspecified atom stereocenters. The summed E-state index contributed by atoms with van der Waals surface area (Å²) in [7, 11) is 0. The average molecular weight is 429 g/mol. The van der Waals surface area contributed by atoms with Gasteiger partial charge < -0.3 is 10.1 Å². The Morgan fingerprint density at radius 3 is 2.26 bits per heavy atom.